The molecule has 2 aliphatic rings. The van der Waals surface area contributed by atoms with Crippen LogP contribution < -0.4 is 5.11 Å². The van der Waals surface area contributed by atoms with Crippen LogP contribution in [0.3, 0.4) is 0 Å². The van der Waals surface area contributed by atoms with E-state index in [-0.39, 0.29) is 34.7 Å². The summed E-state index contributed by atoms with van der Waals surface area (Å²) >= 11 is 0. The van der Waals surface area contributed by atoms with Crippen molar-refractivity contribution in [1.29, 1.82) is 0 Å². The van der Waals surface area contributed by atoms with Gasteiger partial charge in [0.15, 0.2) is 8.32 Å². The first kappa shape index (κ1) is 20.3. The van der Waals surface area contributed by atoms with Crippen LogP contribution in [0.5, 0.6) is 0 Å². The zero-order valence-electron chi connectivity index (χ0n) is 16.2. The van der Waals surface area contributed by atoms with Gasteiger partial charge in [-0.2, -0.15) is 0 Å². The second-order valence-electron chi connectivity index (χ2n) is 8.55. The molecule has 0 spiro atoms. The minimum Gasteiger partial charge on any atom is -0.543 e. The van der Waals surface area contributed by atoms with Crippen LogP contribution >= 0.6 is 0 Å². The Hall–Kier alpha value is -0.993. The van der Waals surface area contributed by atoms with Crippen LogP contribution in [0.25, 0.3) is 0 Å². The number of carboxylic acid groups (broad SMARTS) is 1. The molecule has 2 aliphatic heterocycles. The summed E-state index contributed by atoms with van der Waals surface area (Å²) in [5.41, 5.74) is -0.209. The first-order chi connectivity index (χ1) is 11.2. The lowest BCUT2D eigenvalue weighted by Crippen LogP contribution is -2.65. The van der Waals surface area contributed by atoms with Crippen molar-refractivity contribution in [1.82, 2.24) is 4.90 Å². The number of carbonyl (C=O) groups is 2. The number of amides is 1. The number of nitrogens with zero attached hydrogens (tertiary/aromatic N) is 1. The second kappa shape index (κ2) is 6.31. The van der Waals surface area contributed by atoms with E-state index in [9.17, 15) is 18.9 Å². The summed E-state index contributed by atoms with van der Waals surface area (Å²) in [6.45, 7) is 14.3. The molecule has 1 amide bonds. The Morgan fingerprint density at radius 2 is 1.88 bits per heavy atom. The average molecular weight is 387 g/mol. The van der Waals surface area contributed by atoms with Crippen LogP contribution in [0, 0.1) is 11.8 Å². The minimum atomic E-state index is -2.06. The van der Waals surface area contributed by atoms with Crippen LogP contribution in [0.1, 0.15) is 34.6 Å². The molecule has 1 unspecified atom stereocenters. The van der Waals surface area contributed by atoms with Crippen molar-refractivity contribution in [2.75, 3.05) is 6.26 Å². The van der Waals surface area contributed by atoms with Crippen molar-refractivity contribution >= 4 is 31.0 Å². The Morgan fingerprint density at radius 1 is 1.36 bits per heavy atom. The minimum absolute atomic E-state index is 0.0134. The number of rotatable bonds is 5. The van der Waals surface area contributed by atoms with E-state index in [0.717, 1.165) is 0 Å². The normalized spacial score (nSPS) is 29.4. The van der Waals surface area contributed by atoms with E-state index < -0.39 is 31.0 Å². The maximum atomic E-state index is 12.7. The van der Waals surface area contributed by atoms with Gasteiger partial charge in [-0.05, 0) is 25.1 Å². The topological polar surface area (TPSA) is 86.7 Å². The number of hydrogen-bond donors (Lipinski definition) is 0. The quantitative estimate of drug-likeness (QED) is 0.524. The van der Waals surface area contributed by atoms with Crippen LogP contribution in [-0.2, 0) is 24.8 Å². The molecule has 142 valence electrons. The molecule has 0 aromatic heterocycles. The summed E-state index contributed by atoms with van der Waals surface area (Å²) in [6, 6.07) is -0.320. The molecule has 2 rings (SSSR count). The van der Waals surface area contributed by atoms with E-state index in [1.54, 1.807) is 0 Å². The summed E-state index contributed by atoms with van der Waals surface area (Å²) in [5, 5.41) is 11.5. The van der Waals surface area contributed by atoms with Gasteiger partial charge in [0, 0.05) is 27.9 Å². The molecule has 25 heavy (non-hydrogen) atoms. The Kier molecular flexibility index (Phi) is 5.13. The molecule has 2 heterocycles. The van der Waals surface area contributed by atoms with E-state index in [0.29, 0.717) is 4.91 Å². The van der Waals surface area contributed by atoms with E-state index >= 15 is 0 Å². The zero-order valence-corrected chi connectivity index (χ0v) is 18.0. The highest BCUT2D eigenvalue weighted by Gasteiger charge is 2.60. The molecule has 5 atom stereocenters. The first-order valence-corrected chi connectivity index (χ1v) is 13.0. The molecule has 0 radical (unpaired) electrons. The lowest BCUT2D eigenvalue weighted by Gasteiger charge is -2.50. The third-order valence-electron chi connectivity index (χ3n) is 5.88. The maximum absolute atomic E-state index is 12.7. The molecular weight excluding hydrogens is 358 g/mol. The number of hydrogen-bond acceptors (Lipinski definition) is 5. The summed E-state index contributed by atoms with van der Waals surface area (Å²) in [4.78, 5) is 25.7. The molecule has 0 N–H and O–H groups in total. The molecule has 6 nitrogen and oxygen atoms in total. The van der Waals surface area contributed by atoms with Crippen molar-refractivity contribution in [3.63, 3.8) is 0 Å². The number of aliphatic carboxylic acids is 1. The van der Waals surface area contributed by atoms with Gasteiger partial charge in [-0.3, -0.25) is 9.00 Å². The van der Waals surface area contributed by atoms with Crippen LogP contribution in [0.4, 0.5) is 0 Å². The maximum Gasteiger partial charge on any atom is 0.235 e. The predicted octanol–water partition coefficient (Wildman–Crippen LogP) is 1.21. The predicted molar refractivity (Wildman–Crippen MR) is 97.1 cm³/mol. The van der Waals surface area contributed by atoms with E-state index in [4.69, 9.17) is 4.43 Å². The Bertz CT molecular complexity index is 666. The summed E-state index contributed by atoms with van der Waals surface area (Å²) < 4.78 is 18.4. The molecule has 0 saturated carbocycles. The van der Waals surface area contributed by atoms with Crippen molar-refractivity contribution in [3.05, 3.63) is 10.6 Å². The Labute approximate surface area is 153 Å². The number of fused-ring (bicyclic) bond motifs is 1. The molecule has 0 aromatic rings. The zero-order chi connectivity index (χ0) is 19.5. The third kappa shape index (κ3) is 3.12. The van der Waals surface area contributed by atoms with Gasteiger partial charge in [-0.25, -0.2) is 0 Å². The highest BCUT2D eigenvalue weighted by Crippen LogP contribution is 2.49. The molecular formula is C17H28NO5SSi-. The van der Waals surface area contributed by atoms with Gasteiger partial charge in [-0.1, -0.05) is 27.7 Å². The smallest absolute Gasteiger partial charge is 0.235 e. The van der Waals surface area contributed by atoms with Crippen LogP contribution in [-0.4, -0.2) is 47.7 Å². The second-order valence-corrected chi connectivity index (χ2v) is 14.7. The standard InChI is InChI=1S/C17H29NO5SSi/c1-9-12-11(10(2)23-25(7,8)17(3,4)5)15(19)18(12)13(16(20)21)14(9)24(6)22/h9-12H,1-8H3,(H,20,21)/p-1/t9-,10-,11-,12-,24?/m1/s1. The lowest BCUT2D eigenvalue weighted by atomic mass is 9.79. The van der Waals surface area contributed by atoms with Crippen molar-refractivity contribution in [2.24, 2.45) is 11.8 Å². The summed E-state index contributed by atoms with van der Waals surface area (Å²) in [5.74, 6) is -2.42. The molecule has 1 fully saturated rings. The molecule has 1 saturated heterocycles. The molecule has 8 heteroatoms. The largest absolute Gasteiger partial charge is 0.543 e. The fraction of sp³-hybridized carbons (Fsp3) is 0.765. The highest BCUT2D eigenvalue weighted by molar-refractivity contribution is 7.88. The van der Waals surface area contributed by atoms with Gasteiger partial charge in [0.2, 0.25) is 5.91 Å². The van der Waals surface area contributed by atoms with Gasteiger partial charge in [0.1, 0.15) is 0 Å². The molecule has 0 aromatic carbocycles. The first-order valence-electron chi connectivity index (χ1n) is 8.52. The van der Waals surface area contributed by atoms with Gasteiger partial charge >= 0.3 is 0 Å². The number of carboxylic acids is 1. The lowest BCUT2D eigenvalue weighted by molar-refractivity contribution is -0.301. The highest BCUT2D eigenvalue weighted by atomic mass is 32.2. The third-order valence-corrected chi connectivity index (χ3v) is 11.6. The fourth-order valence-electron chi connectivity index (χ4n) is 3.61. The summed E-state index contributed by atoms with van der Waals surface area (Å²) in [7, 11) is -3.53. The van der Waals surface area contributed by atoms with Gasteiger partial charge < -0.3 is 19.2 Å². The monoisotopic (exact) mass is 386 g/mol. The van der Waals surface area contributed by atoms with Gasteiger partial charge in [-0.15, -0.1) is 0 Å². The van der Waals surface area contributed by atoms with Gasteiger partial charge in [0.25, 0.3) is 0 Å². The average Bonchev–Trinajstić information content (AvgIpc) is 2.66. The number of carbonyl (C=O) groups excluding carboxylic acids is 2. The van der Waals surface area contributed by atoms with Gasteiger partial charge in [0.05, 0.1) is 29.7 Å². The SMILES string of the molecule is C[C@@H](O[Si](C)(C)C(C)(C)C)[C@H]1C(=O)N2C(C(=O)[O-])=C(S(C)=O)[C@H](C)[C@H]12. The Balaban J connectivity index is 2.29. The summed E-state index contributed by atoms with van der Waals surface area (Å²) in [6.07, 6.45) is 1.13. The van der Waals surface area contributed by atoms with E-state index in [2.05, 4.69) is 33.9 Å². The van der Waals surface area contributed by atoms with E-state index in [1.807, 2.05) is 13.8 Å². The van der Waals surface area contributed by atoms with Crippen molar-refractivity contribution < 1.29 is 23.3 Å². The van der Waals surface area contributed by atoms with Crippen LogP contribution in [0.2, 0.25) is 18.1 Å². The molecule has 0 aliphatic carbocycles. The molecule has 0 bridgehead atoms. The van der Waals surface area contributed by atoms with Crippen molar-refractivity contribution in [2.45, 2.75) is 64.9 Å². The van der Waals surface area contributed by atoms with E-state index in [1.165, 1.54) is 11.2 Å². The van der Waals surface area contributed by atoms with Crippen LogP contribution in [0.15, 0.2) is 10.6 Å². The Morgan fingerprint density at radius 3 is 2.28 bits per heavy atom. The number of β-lactam (4-membered cyclic amide) rings is 1. The fourth-order valence-corrected chi connectivity index (χ4v) is 6.15. The van der Waals surface area contributed by atoms with Crippen molar-refractivity contribution in [3.8, 4) is 0 Å².